The second-order valence-electron chi connectivity index (χ2n) is 2.04. The fourth-order valence-corrected chi connectivity index (χ4v) is 6.50. The molecule has 0 spiro atoms. The zero-order valence-corrected chi connectivity index (χ0v) is 10.0. The summed E-state index contributed by atoms with van der Waals surface area (Å²) in [6.07, 6.45) is 3.63. The average Bonchev–Trinajstić information content (AvgIpc) is 2.27. The predicted molar refractivity (Wildman–Crippen MR) is 48.5 cm³/mol. The fraction of sp³-hybridized carbons (Fsp3) is 0.400. The van der Waals surface area contributed by atoms with E-state index in [0.717, 1.165) is 9.10 Å². The Morgan fingerprint density at radius 1 is 1.54 bits per heavy atom. The lowest BCUT2D eigenvalue weighted by molar-refractivity contribution is -1.91. The SMILES string of the molecule is CSC1=S(O[Cl+3]([O-])([O-])[O-])SC(C)=C1. The van der Waals surface area contributed by atoms with E-state index in [-0.39, 0.29) is 0 Å². The van der Waals surface area contributed by atoms with Crippen LogP contribution in [0.25, 0.3) is 0 Å². The molecule has 1 aliphatic rings. The van der Waals surface area contributed by atoms with Gasteiger partial charge in [0.2, 0.25) is 0 Å². The summed E-state index contributed by atoms with van der Waals surface area (Å²) in [4.78, 5) is 0.950. The van der Waals surface area contributed by atoms with Crippen molar-refractivity contribution in [3.63, 3.8) is 0 Å². The second kappa shape index (κ2) is 4.54. The van der Waals surface area contributed by atoms with E-state index >= 15 is 0 Å². The number of halogens is 1. The Balaban J connectivity index is 2.72. The van der Waals surface area contributed by atoms with Crippen LogP contribution < -0.4 is 14.0 Å². The number of allylic oxidation sites excluding steroid dienone is 1. The summed E-state index contributed by atoms with van der Waals surface area (Å²) >= 11 is 1.38. The Hall–Kier alpha value is 0.790. The lowest BCUT2D eigenvalue weighted by Crippen LogP contribution is -2.60. The molecule has 0 aromatic carbocycles. The maximum absolute atomic E-state index is 10.3. The number of hydrogen-bond donors (Lipinski definition) is 0. The van der Waals surface area contributed by atoms with Crippen LogP contribution in [-0.2, 0) is 3.74 Å². The van der Waals surface area contributed by atoms with Crippen LogP contribution >= 0.6 is 32.4 Å². The second-order valence-corrected chi connectivity index (χ2v) is 7.53. The molecule has 0 aromatic heterocycles. The first-order valence-corrected chi connectivity index (χ1v) is 7.99. The summed E-state index contributed by atoms with van der Waals surface area (Å²) < 4.78 is 36.0. The molecule has 0 aliphatic carbocycles. The molecule has 1 atom stereocenters. The quantitative estimate of drug-likeness (QED) is 0.476. The first-order chi connectivity index (χ1) is 5.92. The van der Waals surface area contributed by atoms with Gasteiger partial charge in [-0.2, -0.15) is 14.0 Å². The molecule has 4 nitrogen and oxygen atoms in total. The standard InChI is InChI=1S/C5H7ClO4S3/c1-4-3-5(11-2)13(12-4)10-6(7,8)9/h3H,1-2H3. The van der Waals surface area contributed by atoms with E-state index in [1.54, 1.807) is 0 Å². The summed E-state index contributed by atoms with van der Waals surface area (Å²) in [6, 6.07) is 0. The molecule has 13 heavy (non-hydrogen) atoms. The van der Waals surface area contributed by atoms with E-state index in [4.69, 9.17) is 0 Å². The van der Waals surface area contributed by atoms with Crippen LogP contribution in [0.5, 0.6) is 0 Å². The van der Waals surface area contributed by atoms with Gasteiger partial charge in [0, 0.05) is 0 Å². The summed E-state index contributed by atoms with van der Waals surface area (Å²) in [5.74, 6) is 0. The van der Waals surface area contributed by atoms with Crippen molar-refractivity contribution in [3.05, 3.63) is 11.0 Å². The van der Waals surface area contributed by atoms with Crippen molar-refractivity contribution in [1.29, 1.82) is 0 Å². The minimum atomic E-state index is -4.33. The zero-order chi connectivity index (χ0) is 10.1. The summed E-state index contributed by atoms with van der Waals surface area (Å²) in [6.45, 7) is 1.84. The van der Waals surface area contributed by atoms with Crippen LogP contribution in [0.3, 0.4) is 0 Å². The van der Waals surface area contributed by atoms with Crippen molar-refractivity contribution < 1.29 is 28.0 Å². The molecule has 76 valence electrons. The maximum atomic E-state index is 10.3. The molecular formula is C5H7ClO4S3. The predicted octanol–water partition coefficient (Wildman–Crippen LogP) is -0.857. The highest BCUT2D eigenvalue weighted by atomic mass is 35.7. The van der Waals surface area contributed by atoms with E-state index < -0.39 is 20.0 Å². The van der Waals surface area contributed by atoms with Gasteiger partial charge in [0.15, 0.2) is 9.80 Å². The van der Waals surface area contributed by atoms with Gasteiger partial charge in [-0.1, -0.05) is 0 Å². The van der Waals surface area contributed by atoms with E-state index in [1.165, 1.54) is 22.6 Å². The van der Waals surface area contributed by atoms with Crippen molar-refractivity contribution in [2.24, 2.45) is 0 Å². The van der Waals surface area contributed by atoms with E-state index in [9.17, 15) is 14.0 Å². The molecule has 1 heterocycles. The number of hydrogen-bond acceptors (Lipinski definition) is 6. The topological polar surface area (TPSA) is 78.4 Å². The normalized spacial score (nSPS) is 23.6. The largest absolute Gasteiger partial charge is 0.185 e. The summed E-state index contributed by atoms with van der Waals surface area (Å²) in [7, 11) is -4.06. The van der Waals surface area contributed by atoms with Gasteiger partial charge in [0.1, 0.15) is 3.74 Å². The Bertz CT molecular complexity index is 269. The van der Waals surface area contributed by atoms with Crippen LogP contribution in [0, 0.1) is 10.2 Å². The third-order valence-electron chi connectivity index (χ3n) is 1.03. The van der Waals surface area contributed by atoms with Gasteiger partial charge in [-0.15, -0.1) is 11.8 Å². The lowest BCUT2D eigenvalue weighted by atomic mass is 10.6. The van der Waals surface area contributed by atoms with Crippen molar-refractivity contribution in [3.8, 4) is 0 Å². The molecule has 0 saturated carbocycles. The van der Waals surface area contributed by atoms with Gasteiger partial charge in [0.05, 0.1) is 14.4 Å². The third-order valence-corrected chi connectivity index (χ3v) is 7.12. The van der Waals surface area contributed by atoms with Gasteiger partial charge in [-0.25, -0.2) is 0 Å². The highest BCUT2D eigenvalue weighted by Crippen LogP contribution is 2.47. The molecule has 1 rings (SSSR count). The molecule has 0 aromatic rings. The van der Waals surface area contributed by atoms with Crippen molar-refractivity contribution in [2.45, 2.75) is 6.92 Å². The van der Waals surface area contributed by atoms with Gasteiger partial charge in [-0.05, 0) is 35.0 Å². The van der Waals surface area contributed by atoms with Gasteiger partial charge in [0.25, 0.3) is 0 Å². The van der Waals surface area contributed by atoms with Crippen LogP contribution in [0.15, 0.2) is 11.0 Å². The third kappa shape index (κ3) is 3.80. The van der Waals surface area contributed by atoms with Crippen molar-refractivity contribution >= 4 is 36.5 Å². The lowest BCUT2D eigenvalue weighted by Gasteiger charge is -2.12. The monoisotopic (exact) mass is 262 g/mol. The van der Waals surface area contributed by atoms with E-state index in [1.807, 2.05) is 19.3 Å². The minimum Gasteiger partial charge on any atom is -0.182 e. The van der Waals surface area contributed by atoms with Gasteiger partial charge < -0.3 is 0 Å². The molecular weight excluding hydrogens is 256 g/mol. The Morgan fingerprint density at radius 3 is 2.62 bits per heavy atom. The fourth-order valence-electron chi connectivity index (χ4n) is 0.640. The van der Waals surface area contributed by atoms with Crippen molar-refractivity contribution in [2.75, 3.05) is 6.26 Å². The zero-order valence-electron chi connectivity index (χ0n) is 6.81. The molecule has 0 bridgehead atoms. The first-order valence-electron chi connectivity index (χ1n) is 3.05. The first kappa shape index (κ1) is 11.9. The average molecular weight is 263 g/mol. The van der Waals surface area contributed by atoms with Gasteiger partial charge >= 0.3 is 0 Å². The molecule has 1 unspecified atom stereocenters. The Kier molecular flexibility index (Phi) is 4.14. The molecule has 0 amide bonds. The minimum absolute atomic E-state index is 0.773. The summed E-state index contributed by atoms with van der Waals surface area (Å²) in [5.41, 5.74) is 0. The van der Waals surface area contributed by atoms with E-state index in [0.29, 0.717) is 0 Å². The van der Waals surface area contributed by atoms with Gasteiger partial charge in [-0.3, -0.25) is 0 Å². The van der Waals surface area contributed by atoms with Crippen LogP contribution in [0.1, 0.15) is 6.92 Å². The number of rotatable bonds is 2. The molecule has 0 saturated heterocycles. The highest BCUT2D eigenvalue weighted by molar-refractivity contribution is 8.86. The molecule has 0 fully saturated rings. The Morgan fingerprint density at radius 2 is 2.15 bits per heavy atom. The molecule has 0 radical (unpaired) electrons. The van der Waals surface area contributed by atoms with E-state index in [2.05, 4.69) is 3.74 Å². The highest BCUT2D eigenvalue weighted by Gasteiger charge is 2.28. The molecule has 0 N–H and O–H groups in total. The number of thioether (sulfide) groups is 1. The molecule has 8 heteroatoms. The maximum Gasteiger partial charge on any atom is 0.185 e. The van der Waals surface area contributed by atoms with Crippen LogP contribution in [0.2, 0.25) is 0 Å². The van der Waals surface area contributed by atoms with Crippen molar-refractivity contribution in [1.82, 2.24) is 0 Å². The smallest absolute Gasteiger partial charge is 0.182 e. The molecule has 1 aliphatic heterocycles. The summed E-state index contributed by atoms with van der Waals surface area (Å²) in [5, 5.41) is 0. The van der Waals surface area contributed by atoms with Crippen LogP contribution in [-0.4, -0.2) is 10.5 Å². The Labute approximate surface area is 88.6 Å². The van der Waals surface area contributed by atoms with Crippen LogP contribution in [0.4, 0.5) is 0 Å².